The van der Waals surface area contributed by atoms with E-state index in [1.54, 1.807) is 6.21 Å². The zero-order valence-electron chi connectivity index (χ0n) is 15.0. The summed E-state index contributed by atoms with van der Waals surface area (Å²) in [6, 6.07) is 22.1. The van der Waals surface area contributed by atoms with Crippen LogP contribution in [0.5, 0.6) is 5.75 Å². The number of rotatable bonds is 6. The van der Waals surface area contributed by atoms with Crippen LogP contribution in [0, 0.1) is 12.3 Å². The molecule has 3 aromatic carbocycles. The average Bonchev–Trinajstić information content (AvgIpc) is 3.22. The zero-order valence-corrected chi connectivity index (χ0v) is 15.8. The van der Waals surface area contributed by atoms with E-state index in [0.717, 1.165) is 32.7 Å². The van der Waals surface area contributed by atoms with E-state index in [0.29, 0.717) is 5.75 Å². The lowest BCUT2D eigenvalue weighted by molar-refractivity contribution is 0.370. The molecule has 1 heterocycles. The number of fused-ring (bicyclic) bond motifs is 1. The summed E-state index contributed by atoms with van der Waals surface area (Å²) >= 11 is 1.51. The third-order valence-corrected chi connectivity index (χ3v) is 4.92. The van der Waals surface area contributed by atoms with E-state index in [1.807, 2.05) is 66.0 Å². The molecule has 0 saturated carbocycles. The van der Waals surface area contributed by atoms with Crippen LogP contribution >= 0.6 is 11.3 Å². The first-order valence-corrected chi connectivity index (χ1v) is 9.61. The number of hydrogen-bond donors (Lipinski definition) is 1. The van der Waals surface area contributed by atoms with Crippen LogP contribution in [0.1, 0.15) is 5.56 Å². The Balaban J connectivity index is 1.58. The number of nitrogens with zero attached hydrogens (tertiary/aromatic N) is 2. The van der Waals surface area contributed by atoms with Gasteiger partial charge in [0.25, 0.3) is 0 Å². The van der Waals surface area contributed by atoms with Gasteiger partial charge >= 0.3 is 0 Å². The Morgan fingerprint density at radius 2 is 1.89 bits per heavy atom. The molecular formula is C23H17N3OS. The van der Waals surface area contributed by atoms with Crippen LogP contribution in [0.2, 0.25) is 0 Å². The van der Waals surface area contributed by atoms with Crippen molar-refractivity contribution in [3.8, 4) is 29.4 Å². The fourth-order valence-corrected chi connectivity index (χ4v) is 3.54. The van der Waals surface area contributed by atoms with Crippen molar-refractivity contribution < 1.29 is 4.74 Å². The Labute approximate surface area is 167 Å². The molecule has 0 aliphatic heterocycles. The highest BCUT2D eigenvalue weighted by Gasteiger charge is 2.07. The molecule has 0 spiro atoms. The van der Waals surface area contributed by atoms with Gasteiger partial charge in [-0.1, -0.05) is 66.6 Å². The highest BCUT2D eigenvalue weighted by molar-refractivity contribution is 7.14. The Hall–Kier alpha value is -3.62. The summed E-state index contributed by atoms with van der Waals surface area (Å²) in [6.07, 6.45) is 7.09. The molecule has 0 amide bonds. The predicted octanol–water partition coefficient (Wildman–Crippen LogP) is 5.42. The van der Waals surface area contributed by atoms with Crippen molar-refractivity contribution in [3.63, 3.8) is 0 Å². The summed E-state index contributed by atoms with van der Waals surface area (Å²) in [5.41, 5.74) is 5.89. The highest BCUT2D eigenvalue weighted by atomic mass is 32.1. The molecule has 4 nitrogen and oxygen atoms in total. The maximum atomic E-state index is 5.69. The second-order valence-corrected chi connectivity index (χ2v) is 6.82. The van der Waals surface area contributed by atoms with E-state index in [9.17, 15) is 0 Å². The van der Waals surface area contributed by atoms with Crippen LogP contribution in [0.4, 0.5) is 5.13 Å². The van der Waals surface area contributed by atoms with Crippen molar-refractivity contribution in [2.45, 2.75) is 0 Å². The number of hydrogen-bond acceptors (Lipinski definition) is 5. The quantitative estimate of drug-likeness (QED) is 0.275. The lowest BCUT2D eigenvalue weighted by Gasteiger charge is -2.09. The van der Waals surface area contributed by atoms with Gasteiger partial charge in [-0.25, -0.2) is 4.98 Å². The fourth-order valence-electron chi connectivity index (χ4n) is 2.87. The van der Waals surface area contributed by atoms with Crippen molar-refractivity contribution in [1.29, 1.82) is 0 Å². The second kappa shape index (κ2) is 8.38. The molecule has 0 aliphatic carbocycles. The molecule has 0 atom stereocenters. The van der Waals surface area contributed by atoms with Gasteiger partial charge in [0.1, 0.15) is 12.4 Å². The number of aromatic nitrogens is 1. The molecule has 136 valence electrons. The number of anilines is 1. The van der Waals surface area contributed by atoms with Gasteiger partial charge < -0.3 is 4.74 Å². The van der Waals surface area contributed by atoms with Crippen LogP contribution in [-0.2, 0) is 0 Å². The van der Waals surface area contributed by atoms with Gasteiger partial charge in [0.2, 0.25) is 5.13 Å². The van der Waals surface area contributed by atoms with Crippen molar-refractivity contribution in [2.75, 3.05) is 12.0 Å². The van der Waals surface area contributed by atoms with Crippen LogP contribution in [0.15, 0.2) is 77.2 Å². The lowest BCUT2D eigenvalue weighted by atomic mass is 10.0. The van der Waals surface area contributed by atoms with Crippen LogP contribution in [0.25, 0.3) is 22.0 Å². The second-order valence-electron chi connectivity index (χ2n) is 5.97. The molecule has 0 bridgehead atoms. The predicted molar refractivity (Wildman–Crippen MR) is 117 cm³/mol. The number of ether oxygens (including phenoxy) is 1. The molecule has 4 aromatic rings. The van der Waals surface area contributed by atoms with Gasteiger partial charge in [0, 0.05) is 16.5 Å². The Morgan fingerprint density at radius 3 is 2.75 bits per heavy atom. The summed E-state index contributed by atoms with van der Waals surface area (Å²) in [5, 5.41) is 9.27. The monoisotopic (exact) mass is 383 g/mol. The maximum Gasteiger partial charge on any atom is 0.203 e. The molecule has 0 radical (unpaired) electrons. The van der Waals surface area contributed by atoms with Crippen molar-refractivity contribution in [1.82, 2.24) is 4.98 Å². The van der Waals surface area contributed by atoms with Gasteiger partial charge in [0.05, 0.1) is 11.9 Å². The molecule has 0 saturated heterocycles. The summed E-state index contributed by atoms with van der Waals surface area (Å²) < 4.78 is 5.69. The maximum absolute atomic E-state index is 5.69. The first kappa shape index (κ1) is 17.8. The topological polar surface area (TPSA) is 46.5 Å². The summed E-state index contributed by atoms with van der Waals surface area (Å²) in [5.74, 6) is 3.20. The number of terminal acetylenes is 1. The number of thiazole rings is 1. The van der Waals surface area contributed by atoms with Gasteiger partial charge in [0.15, 0.2) is 0 Å². The van der Waals surface area contributed by atoms with E-state index in [1.165, 1.54) is 11.3 Å². The standard InChI is InChI=1S/C23H17N3OS/c1-2-14-27-22-13-12-17-8-6-7-11-19(17)20(22)15-24-26-23-25-21(16-28-23)18-9-4-3-5-10-18/h1,3-13,15-16H,14H2,(H,25,26). The van der Waals surface area contributed by atoms with E-state index >= 15 is 0 Å². The molecule has 5 heteroatoms. The minimum atomic E-state index is 0.208. The lowest BCUT2D eigenvalue weighted by Crippen LogP contribution is -1.99. The van der Waals surface area contributed by atoms with Crippen molar-refractivity contribution in [2.24, 2.45) is 5.10 Å². The SMILES string of the molecule is C#CCOc1ccc2ccccc2c1C=NNc1nc(-c2ccccc2)cs1. The summed E-state index contributed by atoms with van der Waals surface area (Å²) in [6.45, 7) is 0.208. The van der Waals surface area contributed by atoms with Crippen LogP contribution in [0.3, 0.4) is 0 Å². The largest absolute Gasteiger partial charge is 0.480 e. The minimum absolute atomic E-state index is 0.208. The number of hydrazone groups is 1. The molecule has 1 aromatic heterocycles. The van der Waals surface area contributed by atoms with Crippen molar-refractivity contribution in [3.05, 3.63) is 77.7 Å². The van der Waals surface area contributed by atoms with Gasteiger partial charge in [-0.3, -0.25) is 5.43 Å². The van der Waals surface area contributed by atoms with E-state index in [-0.39, 0.29) is 6.61 Å². The van der Waals surface area contributed by atoms with Gasteiger partial charge in [-0.15, -0.1) is 17.8 Å². The smallest absolute Gasteiger partial charge is 0.203 e. The first-order valence-electron chi connectivity index (χ1n) is 8.73. The highest BCUT2D eigenvalue weighted by Crippen LogP contribution is 2.27. The molecule has 0 unspecified atom stereocenters. The van der Waals surface area contributed by atoms with Crippen LogP contribution < -0.4 is 10.2 Å². The first-order chi connectivity index (χ1) is 13.8. The molecule has 0 fully saturated rings. The molecular weight excluding hydrogens is 366 g/mol. The summed E-state index contributed by atoms with van der Waals surface area (Å²) in [4.78, 5) is 4.58. The average molecular weight is 383 g/mol. The minimum Gasteiger partial charge on any atom is -0.480 e. The summed E-state index contributed by atoms with van der Waals surface area (Å²) in [7, 11) is 0. The van der Waals surface area contributed by atoms with Gasteiger partial charge in [-0.05, 0) is 16.8 Å². The van der Waals surface area contributed by atoms with Crippen LogP contribution in [-0.4, -0.2) is 17.8 Å². The third-order valence-electron chi connectivity index (χ3n) is 4.17. The molecule has 28 heavy (non-hydrogen) atoms. The van der Waals surface area contributed by atoms with E-state index in [2.05, 4.69) is 27.5 Å². The Bertz CT molecular complexity index is 1160. The Kier molecular flexibility index (Phi) is 5.32. The Morgan fingerprint density at radius 1 is 1.07 bits per heavy atom. The molecule has 0 aliphatic rings. The molecule has 4 rings (SSSR count). The van der Waals surface area contributed by atoms with E-state index in [4.69, 9.17) is 11.2 Å². The van der Waals surface area contributed by atoms with E-state index < -0.39 is 0 Å². The number of benzene rings is 3. The normalized spacial score (nSPS) is 10.8. The van der Waals surface area contributed by atoms with Gasteiger partial charge in [-0.2, -0.15) is 5.10 Å². The number of nitrogens with one attached hydrogen (secondary N) is 1. The molecule has 1 N–H and O–H groups in total. The zero-order chi connectivity index (χ0) is 19.2. The third kappa shape index (κ3) is 3.88. The fraction of sp³-hybridized carbons (Fsp3) is 0.0435. The van der Waals surface area contributed by atoms with Crippen molar-refractivity contribution >= 4 is 33.5 Å².